The summed E-state index contributed by atoms with van der Waals surface area (Å²) in [7, 11) is 0. The van der Waals surface area contributed by atoms with E-state index in [0.29, 0.717) is 23.5 Å². The third-order valence-corrected chi connectivity index (χ3v) is 4.56. The third-order valence-electron chi connectivity index (χ3n) is 4.56. The van der Waals surface area contributed by atoms with Gasteiger partial charge in [0.1, 0.15) is 23.0 Å². The summed E-state index contributed by atoms with van der Waals surface area (Å²) in [5.41, 5.74) is 1.21. The molecule has 166 valence electrons. The number of carbonyl (C=O) groups is 2. The Labute approximate surface area is 184 Å². The van der Waals surface area contributed by atoms with E-state index in [1.165, 1.54) is 6.07 Å². The van der Waals surface area contributed by atoms with Gasteiger partial charge in [0.2, 0.25) is 0 Å². The summed E-state index contributed by atoms with van der Waals surface area (Å²) in [5, 5.41) is 8.33. The van der Waals surface area contributed by atoms with Gasteiger partial charge in [0, 0.05) is 17.8 Å². The van der Waals surface area contributed by atoms with Crippen LogP contribution in [0.4, 0.5) is 20.3 Å². The Morgan fingerprint density at radius 3 is 2.31 bits per heavy atom. The number of hydrogen-bond donors (Lipinski definition) is 3. The van der Waals surface area contributed by atoms with E-state index in [0.717, 1.165) is 12.1 Å². The second-order valence-electron chi connectivity index (χ2n) is 6.56. The molecule has 0 fully saturated rings. The lowest BCUT2D eigenvalue weighted by Crippen LogP contribution is -2.22. The van der Waals surface area contributed by atoms with Crippen LogP contribution in [0.3, 0.4) is 0 Å². The number of hydrogen-bond acceptors (Lipinski definition) is 5. The fourth-order valence-corrected chi connectivity index (χ4v) is 3.14. The van der Waals surface area contributed by atoms with E-state index < -0.39 is 11.6 Å². The summed E-state index contributed by atoms with van der Waals surface area (Å²) in [6.45, 7) is 6.46. The van der Waals surface area contributed by atoms with Crippen molar-refractivity contribution in [1.82, 2.24) is 20.6 Å². The van der Waals surface area contributed by atoms with Crippen molar-refractivity contribution in [2.24, 2.45) is 0 Å². The smallest absolute Gasteiger partial charge is 0.257 e. The lowest BCUT2D eigenvalue weighted by molar-refractivity contribution is 0.0951. The van der Waals surface area contributed by atoms with Gasteiger partial charge in [0.25, 0.3) is 11.8 Å². The standard InChI is InChI=1S/C21H17F2N5O2.C2H6/c1-2-24-20(29)11-6-8-12(9-7-11)26-19-17-15(10-25-21(17)30)27-18(28-19)16-13(22)4-3-5-14(16)23;1-2/h3-9H,2,10H2,1H3,(H,24,29)(H,25,30)(H,26,27,28);1-2H3. The zero-order valence-corrected chi connectivity index (χ0v) is 17.9. The van der Waals surface area contributed by atoms with E-state index >= 15 is 0 Å². The van der Waals surface area contributed by atoms with Crippen LogP contribution < -0.4 is 16.0 Å². The Balaban J connectivity index is 0.00000141. The van der Waals surface area contributed by atoms with Crippen molar-refractivity contribution < 1.29 is 18.4 Å². The molecular weight excluding hydrogens is 416 g/mol. The molecule has 2 aromatic carbocycles. The van der Waals surface area contributed by atoms with Gasteiger partial charge in [-0.25, -0.2) is 18.7 Å². The first-order valence-electron chi connectivity index (χ1n) is 10.3. The first-order chi connectivity index (χ1) is 15.5. The second kappa shape index (κ2) is 9.95. The molecule has 2 heterocycles. The van der Waals surface area contributed by atoms with Crippen molar-refractivity contribution >= 4 is 23.3 Å². The Bertz CT molecular complexity index is 1130. The zero-order valence-electron chi connectivity index (χ0n) is 17.9. The Kier molecular flexibility index (Phi) is 7.09. The number of fused-ring (bicyclic) bond motifs is 1. The monoisotopic (exact) mass is 439 g/mol. The molecule has 4 rings (SSSR count). The quantitative estimate of drug-likeness (QED) is 0.554. The average Bonchev–Trinajstić information content (AvgIpc) is 3.17. The summed E-state index contributed by atoms with van der Waals surface area (Å²) in [6, 6.07) is 10.0. The summed E-state index contributed by atoms with van der Waals surface area (Å²) in [4.78, 5) is 32.6. The van der Waals surface area contributed by atoms with Crippen LogP contribution >= 0.6 is 0 Å². The van der Waals surface area contributed by atoms with E-state index in [1.807, 2.05) is 20.8 Å². The molecule has 0 bridgehead atoms. The molecule has 0 unspecified atom stereocenters. The Morgan fingerprint density at radius 2 is 1.69 bits per heavy atom. The van der Waals surface area contributed by atoms with E-state index in [2.05, 4.69) is 25.9 Å². The van der Waals surface area contributed by atoms with Gasteiger partial charge >= 0.3 is 0 Å². The molecule has 0 radical (unpaired) electrons. The fourth-order valence-electron chi connectivity index (χ4n) is 3.14. The largest absolute Gasteiger partial charge is 0.352 e. The van der Waals surface area contributed by atoms with Crippen LogP contribution in [-0.2, 0) is 6.54 Å². The molecule has 1 aliphatic rings. The highest BCUT2D eigenvalue weighted by Crippen LogP contribution is 2.30. The van der Waals surface area contributed by atoms with E-state index in [-0.39, 0.29) is 41.1 Å². The van der Waals surface area contributed by atoms with Gasteiger partial charge in [-0.2, -0.15) is 0 Å². The number of aromatic nitrogens is 2. The van der Waals surface area contributed by atoms with Crippen LogP contribution in [0.25, 0.3) is 11.4 Å². The van der Waals surface area contributed by atoms with Gasteiger partial charge in [-0.15, -0.1) is 0 Å². The number of rotatable bonds is 5. The van der Waals surface area contributed by atoms with Gasteiger partial charge < -0.3 is 16.0 Å². The summed E-state index contributed by atoms with van der Waals surface area (Å²) < 4.78 is 28.5. The van der Waals surface area contributed by atoms with Crippen molar-refractivity contribution in [3.63, 3.8) is 0 Å². The highest BCUT2D eigenvalue weighted by molar-refractivity contribution is 6.03. The van der Waals surface area contributed by atoms with Crippen LogP contribution in [0.1, 0.15) is 47.2 Å². The van der Waals surface area contributed by atoms with E-state index in [4.69, 9.17) is 0 Å². The highest BCUT2D eigenvalue weighted by Gasteiger charge is 2.28. The summed E-state index contributed by atoms with van der Waals surface area (Å²) in [6.07, 6.45) is 0. The fraction of sp³-hybridized carbons (Fsp3) is 0.217. The van der Waals surface area contributed by atoms with Crippen molar-refractivity contribution in [2.75, 3.05) is 11.9 Å². The summed E-state index contributed by atoms with van der Waals surface area (Å²) in [5.74, 6) is -2.23. The Morgan fingerprint density at radius 1 is 1.03 bits per heavy atom. The number of benzene rings is 2. The van der Waals surface area contributed by atoms with Crippen LogP contribution in [0.5, 0.6) is 0 Å². The first kappa shape index (κ1) is 22.8. The lowest BCUT2D eigenvalue weighted by atomic mass is 10.1. The number of nitrogens with one attached hydrogen (secondary N) is 3. The van der Waals surface area contributed by atoms with Crippen molar-refractivity contribution in [3.05, 3.63) is 70.9 Å². The van der Waals surface area contributed by atoms with Gasteiger partial charge in [-0.1, -0.05) is 19.9 Å². The molecule has 1 aliphatic heterocycles. The van der Waals surface area contributed by atoms with Crippen LogP contribution in [0.15, 0.2) is 42.5 Å². The molecule has 1 aromatic heterocycles. The Hall–Kier alpha value is -3.88. The summed E-state index contributed by atoms with van der Waals surface area (Å²) >= 11 is 0. The minimum atomic E-state index is -0.801. The first-order valence-corrected chi connectivity index (χ1v) is 10.3. The van der Waals surface area contributed by atoms with Crippen LogP contribution in [-0.4, -0.2) is 28.3 Å². The van der Waals surface area contributed by atoms with E-state index in [1.54, 1.807) is 24.3 Å². The molecule has 0 aliphatic carbocycles. The predicted molar refractivity (Wildman–Crippen MR) is 118 cm³/mol. The predicted octanol–water partition coefficient (Wildman–Crippen LogP) is 4.18. The zero-order chi connectivity index (χ0) is 23.3. The number of halogens is 2. The minimum absolute atomic E-state index is 0.124. The van der Waals surface area contributed by atoms with E-state index in [9.17, 15) is 18.4 Å². The van der Waals surface area contributed by atoms with Crippen molar-refractivity contribution in [2.45, 2.75) is 27.3 Å². The maximum atomic E-state index is 14.2. The number of carbonyl (C=O) groups excluding carboxylic acids is 2. The van der Waals surface area contributed by atoms with Crippen molar-refractivity contribution in [1.29, 1.82) is 0 Å². The molecule has 3 N–H and O–H groups in total. The number of anilines is 2. The normalized spacial score (nSPS) is 11.7. The molecule has 2 amide bonds. The molecule has 0 spiro atoms. The molecule has 0 saturated carbocycles. The molecular formula is C23H23F2N5O2. The highest BCUT2D eigenvalue weighted by atomic mass is 19.1. The minimum Gasteiger partial charge on any atom is -0.352 e. The van der Waals surface area contributed by atoms with Gasteiger partial charge in [0.05, 0.1) is 17.8 Å². The molecule has 32 heavy (non-hydrogen) atoms. The van der Waals surface area contributed by atoms with Gasteiger partial charge in [-0.05, 0) is 43.3 Å². The second-order valence-corrected chi connectivity index (χ2v) is 6.56. The topological polar surface area (TPSA) is 96.0 Å². The molecule has 7 nitrogen and oxygen atoms in total. The molecule has 3 aromatic rings. The number of nitrogens with zero attached hydrogens (tertiary/aromatic N) is 2. The maximum absolute atomic E-state index is 14.2. The molecule has 9 heteroatoms. The number of amides is 2. The van der Waals surface area contributed by atoms with Crippen molar-refractivity contribution in [3.8, 4) is 11.4 Å². The molecule has 0 saturated heterocycles. The SMILES string of the molecule is CC.CCNC(=O)c1ccc(Nc2nc(-c3c(F)cccc3F)nc3c2C(=O)NC3)cc1. The van der Waals surface area contributed by atoms with Crippen LogP contribution in [0, 0.1) is 11.6 Å². The third kappa shape index (κ3) is 4.56. The lowest BCUT2D eigenvalue weighted by Gasteiger charge is -2.12. The van der Waals surface area contributed by atoms with Gasteiger partial charge in [0.15, 0.2) is 5.82 Å². The maximum Gasteiger partial charge on any atom is 0.257 e. The van der Waals surface area contributed by atoms with Crippen LogP contribution in [0.2, 0.25) is 0 Å². The molecule has 0 atom stereocenters. The van der Waals surface area contributed by atoms with Gasteiger partial charge in [-0.3, -0.25) is 9.59 Å². The average molecular weight is 439 g/mol.